The Balaban J connectivity index is 0.00000363. The van der Waals surface area contributed by atoms with Crippen LogP contribution in [0.25, 0.3) is 0 Å². The Kier molecular flexibility index (Phi) is 13.1. The van der Waals surface area contributed by atoms with E-state index in [9.17, 15) is 0 Å². The highest BCUT2D eigenvalue weighted by atomic mass is 127. The van der Waals surface area contributed by atoms with Gasteiger partial charge in [0.05, 0.1) is 12.6 Å². The van der Waals surface area contributed by atoms with E-state index in [4.69, 9.17) is 9.47 Å². The second kappa shape index (κ2) is 15.9. The summed E-state index contributed by atoms with van der Waals surface area (Å²) >= 11 is 0. The number of halogens is 1. The molecule has 1 aliphatic rings. The highest BCUT2D eigenvalue weighted by Gasteiger charge is 2.19. The summed E-state index contributed by atoms with van der Waals surface area (Å²) in [5.74, 6) is 1.68. The van der Waals surface area contributed by atoms with Crippen LogP contribution in [0.4, 0.5) is 0 Å². The molecule has 1 heterocycles. The topological polar surface area (TPSA) is 58.1 Å². The highest BCUT2D eigenvalue weighted by molar-refractivity contribution is 14.0. The summed E-state index contributed by atoms with van der Waals surface area (Å²) in [6.07, 6.45) is 3.58. The molecule has 0 amide bonds. The Morgan fingerprint density at radius 1 is 0.938 bits per heavy atom. The van der Waals surface area contributed by atoms with Crippen molar-refractivity contribution in [3.05, 3.63) is 66.2 Å². The number of hydrogen-bond acceptors (Lipinski definition) is 4. The van der Waals surface area contributed by atoms with E-state index >= 15 is 0 Å². The van der Waals surface area contributed by atoms with Gasteiger partial charge in [0.25, 0.3) is 0 Å². The molecule has 0 aliphatic carbocycles. The van der Waals surface area contributed by atoms with Crippen LogP contribution in [0.1, 0.15) is 24.8 Å². The van der Waals surface area contributed by atoms with Crippen molar-refractivity contribution in [1.82, 2.24) is 15.5 Å². The summed E-state index contributed by atoms with van der Waals surface area (Å²) in [5, 5.41) is 6.61. The van der Waals surface area contributed by atoms with Gasteiger partial charge in [-0.25, -0.2) is 0 Å². The molecule has 176 valence electrons. The quantitative estimate of drug-likeness (QED) is 0.192. The number of likely N-dealkylation sites (tertiary alicyclic amines) is 1. The first-order valence-electron chi connectivity index (χ1n) is 11.3. The lowest BCUT2D eigenvalue weighted by Crippen LogP contribution is -2.40. The number of benzene rings is 2. The van der Waals surface area contributed by atoms with Crippen molar-refractivity contribution < 1.29 is 9.47 Å². The maximum absolute atomic E-state index is 6.10. The fourth-order valence-electron chi connectivity index (χ4n) is 3.68. The lowest BCUT2D eigenvalue weighted by molar-refractivity contribution is 0.00534. The SMILES string of the molecule is CN=C(NCCCOC1CCN(Cc2ccccc2)CC1)NCCOc1ccccc1.I. The third-order valence-electron chi connectivity index (χ3n) is 5.38. The molecule has 3 rings (SSSR count). The third kappa shape index (κ3) is 10.2. The van der Waals surface area contributed by atoms with Crippen LogP contribution in [-0.2, 0) is 11.3 Å². The smallest absolute Gasteiger partial charge is 0.191 e. The number of aliphatic imine (C=N–C) groups is 1. The van der Waals surface area contributed by atoms with Crippen LogP contribution in [0.15, 0.2) is 65.7 Å². The number of hydrogen-bond donors (Lipinski definition) is 2. The summed E-state index contributed by atoms with van der Waals surface area (Å²) < 4.78 is 11.8. The van der Waals surface area contributed by atoms with E-state index in [1.54, 1.807) is 7.05 Å². The van der Waals surface area contributed by atoms with Gasteiger partial charge in [0.2, 0.25) is 0 Å². The Hall–Kier alpha value is -1.84. The first-order chi connectivity index (χ1) is 15.3. The molecule has 2 N–H and O–H groups in total. The zero-order valence-electron chi connectivity index (χ0n) is 19.0. The van der Waals surface area contributed by atoms with Gasteiger partial charge in [-0.3, -0.25) is 9.89 Å². The summed E-state index contributed by atoms with van der Waals surface area (Å²) in [4.78, 5) is 6.78. The normalized spacial score (nSPS) is 15.1. The third-order valence-corrected chi connectivity index (χ3v) is 5.38. The van der Waals surface area contributed by atoms with E-state index in [0.29, 0.717) is 19.3 Å². The van der Waals surface area contributed by atoms with Crippen LogP contribution < -0.4 is 15.4 Å². The van der Waals surface area contributed by atoms with Crippen LogP contribution in [-0.4, -0.2) is 63.4 Å². The lowest BCUT2D eigenvalue weighted by atomic mass is 10.1. The average molecular weight is 553 g/mol. The van der Waals surface area contributed by atoms with Crippen molar-refractivity contribution in [2.75, 3.05) is 46.4 Å². The lowest BCUT2D eigenvalue weighted by Gasteiger charge is -2.32. The minimum absolute atomic E-state index is 0. The Morgan fingerprint density at radius 2 is 1.59 bits per heavy atom. The van der Waals surface area contributed by atoms with Crippen LogP contribution >= 0.6 is 24.0 Å². The largest absolute Gasteiger partial charge is 0.492 e. The van der Waals surface area contributed by atoms with Crippen molar-refractivity contribution in [2.24, 2.45) is 4.99 Å². The van der Waals surface area contributed by atoms with Gasteiger partial charge in [-0.05, 0) is 37.0 Å². The summed E-state index contributed by atoms with van der Waals surface area (Å²) in [5.41, 5.74) is 1.39. The maximum Gasteiger partial charge on any atom is 0.191 e. The number of ether oxygens (including phenoxy) is 2. The van der Waals surface area contributed by atoms with E-state index in [1.807, 2.05) is 30.3 Å². The predicted molar refractivity (Wildman–Crippen MR) is 142 cm³/mol. The minimum Gasteiger partial charge on any atom is -0.492 e. The second-order valence-electron chi connectivity index (χ2n) is 7.77. The van der Waals surface area contributed by atoms with Crippen molar-refractivity contribution in [1.29, 1.82) is 0 Å². The molecule has 6 nitrogen and oxygen atoms in total. The zero-order chi connectivity index (χ0) is 21.6. The Morgan fingerprint density at radius 3 is 2.28 bits per heavy atom. The molecule has 0 spiro atoms. The van der Waals surface area contributed by atoms with Gasteiger partial charge in [-0.15, -0.1) is 24.0 Å². The molecule has 1 saturated heterocycles. The Labute approximate surface area is 209 Å². The number of guanidine groups is 1. The van der Waals surface area contributed by atoms with Gasteiger partial charge < -0.3 is 20.1 Å². The summed E-state index contributed by atoms with van der Waals surface area (Å²) in [7, 11) is 1.78. The van der Waals surface area contributed by atoms with Crippen molar-refractivity contribution in [2.45, 2.75) is 31.9 Å². The van der Waals surface area contributed by atoms with E-state index < -0.39 is 0 Å². The van der Waals surface area contributed by atoms with E-state index in [1.165, 1.54) is 5.56 Å². The van der Waals surface area contributed by atoms with Gasteiger partial charge in [0, 0.05) is 39.8 Å². The molecule has 1 fully saturated rings. The van der Waals surface area contributed by atoms with E-state index in [0.717, 1.165) is 63.8 Å². The molecule has 0 saturated carbocycles. The molecule has 2 aromatic carbocycles. The fourth-order valence-corrected chi connectivity index (χ4v) is 3.68. The first-order valence-corrected chi connectivity index (χ1v) is 11.3. The predicted octanol–water partition coefficient (Wildman–Crippen LogP) is 3.92. The number of nitrogens with zero attached hydrogens (tertiary/aromatic N) is 2. The molecule has 0 unspecified atom stereocenters. The van der Waals surface area contributed by atoms with Gasteiger partial charge in [-0.2, -0.15) is 0 Å². The molecule has 2 aromatic rings. The molecule has 32 heavy (non-hydrogen) atoms. The fraction of sp³-hybridized carbons (Fsp3) is 0.480. The van der Waals surface area contributed by atoms with Crippen molar-refractivity contribution in [3.63, 3.8) is 0 Å². The van der Waals surface area contributed by atoms with Crippen LogP contribution in [0.3, 0.4) is 0 Å². The number of para-hydroxylation sites is 1. The number of piperidine rings is 1. The minimum atomic E-state index is 0. The summed E-state index contributed by atoms with van der Waals surface area (Å²) in [6, 6.07) is 20.5. The second-order valence-corrected chi connectivity index (χ2v) is 7.77. The molecule has 0 aromatic heterocycles. The van der Waals surface area contributed by atoms with E-state index in [-0.39, 0.29) is 24.0 Å². The molecule has 7 heteroatoms. The maximum atomic E-state index is 6.10. The molecule has 0 atom stereocenters. The average Bonchev–Trinajstić information content (AvgIpc) is 2.82. The van der Waals surface area contributed by atoms with Gasteiger partial charge >= 0.3 is 0 Å². The first kappa shape index (κ1) is 26.4. The zero-order valence-corrected chi connectivity index (χ0v) is 21.4. The molecule has 1 aliphatic heterocycles. The monoisotopic (exact) mass is 552 g/mol. The van der Waals surface area contributed by atoms with E-state index in [2.05, 4.69) is 50.9 Å². The molecule has 0 bridgehead atoms. The number of nitrogens with one attached hydrogen (secondary N) is 2. The van der Waals surface area contributed by atoms with Gasteiger partial charge in [0.1, 0.15) is 12.4 Å². The van der Waals surface area contributed by atoms with Crippen LogP contribution in [0.2, 0.25) is 0 Å². The standard InChI is InChI=1S/C25H36N4O2.HI/c1-26-25(28-16-20-31-23-11-6-3-7-12-23)27-15-8-19-30-24-13-17-29(18-14-24)21-22-9-4-2-5-10-22;/h2-7,9-12,24H,8,13-21H2,1H3,(H2,26,27,28);1H. The molecule has 0 radical (unpaired) electrons. The van der Waals surface area contributed by atoms with Crippen LogP contribution in [0.5, 0.6) is 5.75 Å². The van der Waals surface area contributed by atoms with Gasteiger partial charge in [-0.1, -0.05) is 48.5 Å². The molecular formula is C25H37IN4O2. The molecular weight excluding hydrogens is 515 g/mol. The van der Waals surface area contributed by atoms with Crippen molar-refractivity contribution in [3.8, 4) is 5.75 Å². The van der Waals surface area contributed by atoms with Crippen molar-refractivity contribution >= 4 is 29.9 Å². The van der Waals surface area contributed by atoms with Gasteiger partial charge in [0.15, 0.2) is 5.96 Å². The number of rotatable bonds is 11. The summed E-state index contributed by atoms with van der Waals surface area (Å²) in [6.45, 7) is 6.18. The highest BCUT2D eigenvalue weighted by Crippen LogP contribution is 2.16. The Bertz CT molecular complexity index is 753. The van der Waals surface area contributed by atoms with Crippen LogP contribution in [0, 0.1) is 0 Å².